The van der Waals surface area contributed by atoms with Crippen LogP contribution in [0.15, 0.2) is 18.2 Å². The molecule has 0 aliphatic rings. The maximum absolute atomic E-state index is 10.4. The predicted octanol–water partition coefficient (Wildman–Crippen LogP) is 13.3. The van der Waals surface area contributed by atoms with Crippen LogP contribution in [0.1, 0.15) is 200 Å². The average Bonchev–Trinajstić information content (AvgIpc) is 2.94. The van der Waals surface area contributed by atoms with Crippen LogP contribution < -0.4 is 4.74 Å². The van der Waals surface area contributed by atoms with Crippen molar-refractivity contribution in [3.63, 3.8) is 0 Å². The summed E-state index contributed by atoms with van der Waals surface area (Å²) in [4.78, 5) is 0. The van der Waals surface area contributed by atoms with E-state index in [0.29, 0.717) is 5.75 Å². The highest BCUT2D eigenvalue weighted by Crippen LogP contribution is 2.27. The lowest BCUT2D eigenvalue weighted by Gasteiger charge is -2.20. The van der Waals surface area contributed by atoms with Gasteiger partial charge in [-0.05, 0) is 56.2 Å². The number of aromatic hydroxyl groups is 1. The molecule has 0 saturated heterocycles. The van der Waals surface area contributed by atoms with Gasteiger partial charge in [0.2, 0.25) is 0 Å². The summed E-state index contributed by atoms with van der Waals surface area (Å²) >= 11 is 0. The second kappa shape index (κ2) is 28.0. The van der Waals surface area contributed by atoms with Crippen molar-refractivity contribution in [2.45, 2.75) is 207 Å². The van der Waals surface area contributed by atoms with Gasteiger partial charge in [0, 0.05) is 6.07 Å². The van der Waals surface area contributed by atoms with Crippen molar-refractivity contribution in [2.24, 2.45) is 0 Å². The topological polar surface area (TPSA) is 29.5 Å². The van der Waals surface area contributed by atoms with E-state index in [4.69, 9.17) is 4.74 Å². The monoisotopic (exact) mass is 559 g/mol. The van der Waals surface area contributed by atoms with E-state index >= 15 is 0 Å². The van der Waals surface area contributed by atoms with Gasteiger partial charge in [-0.3, -0.25) is 0 Å². The third-order valence-electron chi connectivity index (χ3n) is 8.58. The van der Waals surface area contributed by atoms with Crippen molar-refractivity contribution >= 4 is 0 Å². The zero-order valence-electron chi connectivity index (χ0n) is 27.5. The molecule has 0 spiro atoms. The summed E-state index contributed by atoms with van der Waals surface area (Å²) in [5.41, 5.74) is 1.23. The van der Waals surface area contributed by atoms with Crippen LogP contribution in [0.5, 0.6) is 11.5 Å². The minimum absolute atomic E-state index is 0.281. The second-order valence-electron chi connectivity index (χ2n) is 12.7. The molecule has 1 rings (SSSR count). The summed E-state index contributed by atoms with van der Waals surface area (Å²) in [7, 11) is 0. The van der Waals surface area contributed by atoms with E-state index in [0.717, 1.165) is 25.0 Å². The van der Waals surface area contributed by atoms with Gasteiger partial charge in [0.15, 0.2) is 0 Å². The highest BCUT2D eigenvalue weighted by molar-refractivity contribution is 5.37. The molecule has 0 radical (unpaired) electrons. The Bertz CT molecular complexity index is 639. The Morgan fingerprint density at radius 2 is 0.850 bits per heavy atom. The fourth-order valence-corrected chi connectivity index (χ4v) is 5.96. The van der Waals surface area contributed by atoms with Crippen molar-refractivity contribution in [2.75, 3.05) is 0 Å². The number of phenolic OH excluding ortho intramolecular Hbond substituents is 1. The number of aryl methyl sites for hydroxylation is 1. The van der Waals surface area contributed by atoms with Gasteiger partial charge in [-0.2, -0.15) is 0 Å². The minimum atomic E-state index is 0.281. The third kappa shape index (κ3) is 22.5. The molecule has 1 N–H and O–H groups in total. The van der Waals surface area contributed by atoms with Gasteiger partial charge in [-0.1, -0.05) is 162 Å². The molecule has 234 valence electrons. The summed E-state index contributed by atoms with van der Waals surface area (Å²) in [5.74, 6) is 1.24. The largest absolute Gasteiger partial charge is 0.508 e. The number of phenols is 1. The Morgan fingerprint density at radius 3 is 1.27 bits per heavy atom. The van der Waals surface area contributed by atoms with E-state index in [-0.39, 0.29) is 6.10 Å². The molecule has 0 saturated carbocycles. The number of unbranched alkanes of at least 4 members (excludes halogenated alkanes) is 22. The van der Waals surface area contributed by atoms with Crippen LogP contribution in [-0.2, 0) is 6.42 Å². The standard InChI is InChI=1S/C38H70O2/c1-4-7-10-13-16-17-18-19-20-21-22-23-26-29-35-32-36(39)34-38(33-35)40-37(30-27-24-14-11-8-5-2)31-28-25-15-12-9-6-3/h32-34,37,39H,4-31H2,1-3H3. The highest BCUT2D eigenvalue weighted by atomic mass is 16.5. The number of rotatable bonds is 30. The van der Waals surface area contributed by atoms with Crippen LogP contribution in [0.3, 0.4) is 0 Å². The molecule has 1 aromatic rings. The average molecular weight is 559 g/mol. The fourth-order valence-electron chi connectivity index (χ4n) is 5.96. The van der Waals surface area contributed by atoms with Crippen molar-refractivity contribution in [1.29, 1.82) is 0 Å². The number of benzene rings is 1. The quantitative estimate of drug-likeness (QED) is 0.0951. The first kappa shape index (κ1) is 36.8. The van der Waals surface area contributed by atoms with Crippen molar-refractivity contribution in [1.82, 2.24) is 0 Å². The maximum Gasteiger partial charge on any atom is 0.123 e. The molecule has 0 bridgehead atoms. The van der Waals surface area contributed by atoms with E-state index in [9.17, 15) is 5.11 Å². The van der Waals surface area contributed by atoms with Crippen molar-refractivity contribution < 1.29 is 9.84 Å². The second-order valence-corrected chi connectivity index (χ2v) is 12.7. The first-order chi connectivity index (χ1) is 19.7. The van der Waals surface area contributed by atoms with E-state index in [1.54, 1.807) is 0 Å². The zero-order chi connectivity index (χ0) is 28.9. The Balaban J connectivity index is 2.34. The van der Waals surface area contributed by atoms with Gasteiger partial charge in [0.1, 0.15) is 11.5 Å². The summed E-state index contributed by atoms with van der Waals surface area (Å²) in [6.07, 6.45) is 37.5. The lowest BCUT2D eigenvalue weighted by Crippen LogP contribution is -2.16. The van der Waals surface area contributed by atoms with Crippen LogP contribution in [0, 0.1) is 0 Å². The summed E-state index contributed by atoms with van der Waals surface area (Å²) in [5, 5.41) is 10.4. The van der Waals surface area contributed by atoms with Gasteiger partial charge < -0.3 is 9.84 Å². The van der Waals surface area contributed by atoms with E-state index < -0.39 is 0 Å². The molecule has 0 heterocycles. The molecule has 2 heteroatoms. The van der Waals surface area contributed by atoms with E-state index in [1.807, 2.05) is 12.1 Å². The van der Waals surface area contributed by atoms with Crippen LogP contribution in [0.4, 0.5) is 0 Å². The van der Waals surface area contributed by atoms with E-state index in [1.165, 1.54) is 166 Å². The van der Waals surface area contributed by atoms with Gasteiger partial charge >= 0.3 is 0 Å². The Kier molecular flexibility index (Phi) is 25.8. The van der Waals surface area contributed by atoms with Crippen LogP contribution in [0.2, 0.25) is 0 Å². The summed E-state index contributed by atoms with van der Waals surface area (Å²) in [6, 6.07) is 5.99. The number of hydrogen-bond donors (Lipinski definition) is 1. The number of hydrogen-bond acceptors (Lipinski definition) is 2. The molecule has 0 fully saturated rings. The lowest BCUT2D eigenvalue weighted by atomic mass is 10.0. The fraction of sp³-hybridized carbons (Fsp3) is 0.842. The molecular formula is C38H70O2. The Labute approximate surface area is 251 Å². The normalized spacial score (nSPS) is 11.5. The smallest absolute Gasteiger partial charge is 0.123 e. The molecule has 40 heavy (non-hydrogen) atoms. The lowest BCUT2D eigenvalue weighted by molar-refractivity contribution is 0.172. The molecule has 0 aromatic heterocycles. The highest BCUT2D eigenvalue weighted by Gasteiger charge is 2.12. The zero-order valence-corrected chi connectivity index (χ0v) is 27.5. The van der Waals surface area contributed by atoms with Crippen LogP contribution in [-0.4, -0.2) is 11.2 Å². The van der Waals surface area contributed by atoms with Crippen molar-refractivity contribution in [3.05, 3.63) is 23.8 Å². The predicted molar refractivity (Wildman–Crippen MR) is 178 cm³/mol. The van der Waals surface area contributed by atoms with Crippen molar-refractivity contribution in [3.8, 4) is 11.5 Å². The van der Waals surface area contributed by atoms with E-state index in [2.05, 4.69) is 26.8 Å². The molecule has 0 atom stereocenters. The van der Waals surface area contributed by atoms with Gasteiger partial charge in [0.05, 0.1) is 6.10 Å². The molecule has 0 aliphatic heterocycles. The molecular weight excluding hydrogens is 488 g/mol. The summed E-state index contributed by atoms with van der Waals surface area (Å²) < 4.78 is 6.55. The molecule has 2 nitrogen and oxygen atoms in total. The first-order valence-corrected chi connectivity index (χ1v) is 18.2. The van der Waals surface area contributed by atoms with Crippen LogP contribution in [0.25, 0.3) is 0 Å². The molecule has 0 amide bonds. The Morgan fingerprint density at radius 1 is 0.475 bits per heavy atom. The first-order valence-electron chi connectivity index (χ1n) is 18.2. The third-order valence-corrected chi connectivity index (χ3v) is 8.58. The van der Waals surface area contributed by atoms with Gasteiger partial charge in [-0.15, -0.1) is 0 Å². The Hall–Kier alpha value is -1.18. The molecule has 0 aliphatic carbocycles. The summed E-state index contributed by atoms with van der Waals surface area (Å²) in [6.45, 7) is 6.86. The maximum atomic E-state index is 10.4. The molecule has 1 aromatic carbocycles. The van der Waals surface area contributed by atoms with Gasteiger partial charge in [0.25, 0.3) is 0 Å². The minimum Gasteiger partial charge on any atom is -0.508 e. The van der Waals surface area contributed by atoms with Crippen LogP contribution >= 0.6 is 0 Å². The number of ether oxygens (including phenoxy) is 1. The van der Waals surface area contributed by atoms with Gasteiger partial charge in [-0.25, -0.2) is 0 Å². The molecule has 0 unspecified atom stereocenters. The SMILES string of the molecule is CCCCCCCCCCCCCCCc1cc(O)cc(OC(CCCCCCCC)CCCCCCCC)c1.